The van der Waals surface area contributed by atoms with Gasteiger partial charge in [0.1, 0.15) is 0 Å². The van der Waals surface area contributed by atoms with E-state index >= 15 is 0 Å². The van der Waals surface area contributed by atoms with Crippen molar-refractivity contribution in [3.8, 4) is 0 Å². The van der Waals surface area contributed by atoms with Crippen LogP contribution in [0.3, 0.4) is 0 Å². The van der Waals surface area contributed by atoms with Crippen LogP contribution in [0.5, 0.6) is 0 Å². The van der Waals surface area contributed by atoms with Crippen LogP contribution in [0.15, 0.2) is 0 Å². The molecule has 0 radical (unpaired) electrons. The number of carbonyl (C=O) groups is 1. The second-order valence-corrected chi connectivity index (χ2v) is 4.77. The van der Waals surface area contributed by atoms with E-state index in [1.807, 2.05) is 0 Å². The maximum absolute atomic E-state index is 13.6. The summed E-state index contributed by atoms with van der Waals surface area (Å²) < 4.78 is 127. The van der Waals surface area contributed by atoms with Crippen LogP contribution in [0.2, 0.25) is 0 Å². The minimum absolute atomic E-state index is 0.597. The lowest BCUT2D eigenvalue weighted by molar-refractivity contribution is -0.334. The molecule has 1 rings (SSSR count). The number of rotatable bonds is 3. The zero-order valence-electron chi connectivity index (χ0n) is 10.5. The molecule has 130 valence electrons. The van der Waals surface area contributed by atoms with E-state index in [2.05, 4.69) is 0 Å². The molecule has 0 spiro atoms. The van der Waals surface area contributed by atoms with Gasteiger partial charge in [-0.15, -0.1) is 0 Å². The van der Waals surface area contributed by atoms with Crippen molar-refractivity contribution >= 4 is 6.04 Å². The molecule has 0 N–H and O–H groups in total. The van der Waals surface area contributed by atoms with Gasteiger partial charge >= 0.3 is 30.1 Å². The normalized spacial score (nSPS) is 22.5. The Morgan fingerprint density at radius 2 is 1.27 bits per heavy atom. The van der Waals surface area contributed by atoms with E-state index in [0.29, 0.717) is 0 Å². The Morgan fingerprint density at radius 1 is 0.864 bits per heavy atom. The van der Waals surface area contributed by atoms with Crippen LogP contribution in [0.4, 0.5) is 43.9 Å². The van der Waals surface area contributed by atoms with Gasteiger partial charge < -0.3 is 0 Å². The third kappa shape index (κ3) is 3.01. The fourth-order valence-electron chi connectivity index (χ4n) is 2.11. The number of halogens is 10. The van der Waals surface area contributed by atoms with Gasteiger partial charge in [0.25, 0.3) is 0 Å². The van der Waals surface area contributed by atoms with Gasteiger partial charge in [-0.2, -0.15) is 39.5 Å². The highest BCUT2D eigenvalue weighted by molar-refractivity contribution is 5.80. The van der Waals surface area contributed by atoms with Crippen LogP contribution in [-0.4, -0.2) is 48.1 Å². The molecule has 0 aromatic heterocycles. The van der Waals surface area contributed by atoms with E-state index in [1.54, 1.807) is 0 Å². The molecule has 1 saturated heterocycles. The minimum Gasteiger partial charge on any atom is -0.257 e. The highest BCUT2D eigenvalue weighted by Gasteiger charge is 2.78. The molecule has 1 atom stereocenters. The predicted octanol–water partition coefficient (Wildman–Crippen LogP) is 3.62. The lowest BCUT2D eigenvalue weighted by Crippen LogP contribution is -2.67. The first-order valence-electron chi connectivity index (χ1n) is 5.81. The molecule has 22 heavy (non-hydrogen) atoms. The Labute approximate surface area is 117 Å². The summed E-state index contributed by atoms with van der Waals surface area (Å²) in [5, 5.41) is 0. The maximum Gasteiger partial charge on any atom is 0.440 e. The monoisotopic (exact) mass is 349 g/mol. The quantitative estimate of drug-likeness (QED) is 0.441. The standard InChI is InChI=1S/C10H9F10NO/c11-6(22)7(12,9(16,17)18)10(19,20)21-3-1-5(2-4-21)8(13,14)15/h5H,1-4H2. The average molecular weight is 349 g/mol. The molecule has 1 unspecified atom stereocenters. The summed E-state index contributed by atoms with van der Waals surface area (Å²) in [6, 6.07) is -9.61. The smallest absolute Gasteiger partial charge is 0.257 e. The zero-order chi connectivity index (χ0) is 17.6. The largest absolute Gasteiger partial charge is 0.440 e. The van der Waals surface area contributed by atoms with Crippen molar-refractivity contribution in [2.24, 2.45) is 5.92 Å². The lowest BCUT2D eigenvalue weighted by atomic mass is 9.93. The van der Waals surface area contributed by atoms with Crippen LogP contribution in [0.25, 0.3) is 0 Å². The van der Waals surface area contributed by atoms with Gasteiger partial charge in [0, 0.05) is 13.1 Å². The lowest BCUT2D eigenvalue weighted by Gasteiger charge is -2.42. The fourth-order valence-corrected chi connectivity index (χ4v) is 2.11. The first kappa shape index (κ1) is 19.0. The molecule has 12 heteroatoms. The van der Waals surface area contributed by atoms with Crippen molar-refractivity contribution in [2.45, 2.75) is 36.9 Å². The molecule has 1 aliphatic heterocycles. The molecule has 0 aromatic carbocycles. The van der Waals surface area contributed by atoms with E-state index in [1.165, 1.54) is 0 Å². The number of nitrogens with zero attached hydrogens (tertiary/aromatic N) is 1. The minimum atomic E-state index is -6.57. The van der Waals surface area contributed by atoms with E-state index in [9.17, 15) is 48.7 Å². The summed E-state index contributed by atoms with van der Waals surface area (Å²) in [6.45, 7) is -2.54. The summed E-state index contributed by atoms with van der Waals surface area (Å²) in [6.07, 6.45) is -13.3. The van der Waals surface area contributed by atoms with Gasteiger partial charge in [-0.05, 0) is 12.8 Å². The molecule has 2 nitrogen and oxygen atoms in total. The van der Waals surface area contributed by atoms with Crippen molar-refractivity contribution in [3.63, 3.8) is 0 Å². The fraction of sp³-hybridized carbons (Fsp3) is 0.900. The highest BCUT2D eigenvalue weighted by Crippen LogP contribution is 2.49. The van der Waals surface area contributed by atoms with Gasteiger partial charge in [-0.25, -0.2) is 9.29 Å². The predicted molar refractivity (Wildman–Crippen MR) is 51.3 cm³/mol. The summed E-state index contributed by atoms with van der Waals surface area (Å²) in [5.41, 5.74) is -6.13. The molecule has 0 amide bonds. The SMILES string of the molecule is O=C(F)C(F)(C(F)(F)F)C(F)(F)N1CCC(C(F)(F)F)CC1. The maximum atomic E-state index is 13.6. The van der Waals surface area contributed by atoms with E-state index in [0.717, 1.165) is 0 Å². The second-order valence-electron chi connectivity index (χ2n) is 4.77. The Bertz CT molecular complexity index is 422. The van der Waals surface area contributed by atoms with E-state index in [4.69, 9.17) is 0 Å². The summed E-state index contributed by atoms with van der Waals surface area (Å²) in [5.74, 6) is -2.04. The molecule has 1 fully saturated rings. The number of hydrogen-bond acceptors (Lipinski definition) is 2. The van der Waals surface area contributed by atoms with Crippen LogP contribution < -0.4 is 0 Å². The zero-order valence-corrected chi connectivity index (χ0v) is 10.5. The van der Waals surface area contributed by atoms with Gasteiger partial charge in [0.15, 0.2) is 0 Å². The van der Waals surface area contributed by atoms with E-state index in [-0.39, 0.29) is 0 Å². The van der Waals surface area contributed by atoms with Crippen LogP contribution >= 0.6 is 0 Å². The number of carbonyl (C=O) groups excluding carboxylic acids is 1. The topological polar surface area (TPSA) is 20.3 Å². The van der Waals surface area contributed by atoms with Crippen molar-refractivity contribution in [1.29, 1.82) is 0 Å². The molecular weight excluding hydrogens is 340 g/mol. The Morgan fingerprint density at radius 3 is 1.55 bits per heavy atom. The van der Waals surface area contributed by atoms with Crippen molar-refractivity contribution in [2.75, 3.05) is 13.1 Å². The molecule has 0 aromatic rings. The highest BCUT2D eigenvalue weighted by atomic mass is 19.4. The van der Waals surface area contributed by atoms with Crippen LogP contribution in [-0.2, 0) is 4.79 Å². The van der Waals surface area contributed by atoms with Crippen molar-refractivity contribution < 1.29 is 48.7 Å². The molecule has 0 bridgehead atoms. The number of piperidine rings is 1. The van der Waals surface area contributed by atoms with Crippen molar-refractivity contribution in [3.05, 3.63) is 0 Å². The van der Waals surface area contributed by atoms with Crippen LogP contribution in [0, 0.1) is 5.92 Å². The van der Waals surface area contributed by atoms with Gasteiger partial charge in [0.2, 0.25) is 0 Å². The van der Waals surface area contributed by atoms with Crippen molar-refractivity contribution in [1.82, 2.24) is 4.90 Å². The number of alkyl halides is 9. The Hall–Kier alpha value is -1.07. The summed E-state index contributed by atoms with van der Waals surface area (Å²) in [4.78, 5) is 9.58. The number of likely N-dealkylation sites (tertiary alicyclic amines) is 1. The molecule has 0 aliphatic carbocycles. The van der Waals surface area contributed by atoms with Crippen LogP contribution in [0.1, 0.15) is 12.8 Å². The molecule has 1 aliphatic rings. The Balaban J connectivity index is 3.03. The second kappa shape index (κ2) is 5.53. The number of hydrogen-bond donors (Lipinski definition) is 0. The third-order valence-electron chi connectivity index (χ3n) is 3.43. The molecule has 0 saturated carbocycles. The summed E-state index contributed by atoms with van der Waals surface area (Å²) in [7, 11) is 0. The Kier molecular flexibility index (Phi) is 4.77. The molecular formula is C10H9F10NO. The van der Waals surface area contributed by atoms with E-state index < -0.39 is 66.9 Å². The van der Waals surface area contributed by atoms with Gasteiger partial charge in [-0.3, -0.25) is 4.79 Å². The first-order valence-corrected chi connectivity index (χ1v) is 5.81. The summed E-state index contributed by atoms with van der Waals surface area (Å²) >= 11 is 0. The molecule has 1 heterocycles. The third-order valence-corrected chi connectivity index (χ3v) is 3.43. The van der Waals surface area contributed by atoms with Gasteiger partial charge in [0.05, 0.1) is 5.92 Å². The average Bonchev–Trinajstić information content (AvgIpc) is 2.35. The first-order chi connectivity index (χ1) is 9.65. The van der Waals surface area contributed by atoms with Gasteiger partial charge in [-0.1, -0.05) is 0 Å².